The molecule has 0 radical (unpaired) electrons. The van der Waals surface area contributed by atoms with Gasteiger partial charge in [-0.15, -0.1) is 10.2 Å². The number of tetrazole rings is 1. The summed E-state index contributed by atoms with van der Waals surface area (Å²) in [6, 6.07) is 3.38. The van der Waals surface area contributed by atoms with Crippen molar-refractivity contribution in [3.63, 3.8) is 0 Å². The van der Waals surface area contributed by atoms with Gasteiger partial charge in [-0.05, 0) is 24.3 Å². The zero-order chi connectivity index (χ0) is 10.8. The van der Waals surface area contributed by atoms with Crippen molar-refractivity contribution in [2.24, 2.45) is 0 Å². The summed E-state index contributed by atoms with van der Waals surface area (Å²) in [4.78, 5) is 5.40. The van der Waals surface area contributed by atoms with Crippen LogP contribution in [0.3, 0.4) is 0 Å². The molecule has 2 rings (SSSR count). The van der Waals surface area contributed by atoms with Gasteiger partial charge in [-0.1, -0.05) is 0 Å². The average Bonchev–Trinajstić information content (AvgIpc) is 2.66. The Labute approximate surface area is 86.1 Å². The lowest BCUT2D eigenvalue weighted by Crippen LogP contribution is -2.00. The fourth-order valence-electron chi connectivity index (χ4n) is 1.16. The maximum Gasteiger partial charge on any atom is 0.208 e. The van der Waals surface area contributed by atoms with Gasteiger partial charge in [0.25, 0.3) is 0 Å². The maximum atomic E-state index is 5.70. The second-order valence-electron chi connectivity index (χ2n) is 2.97. The molecular formula is C8H11N7. The van der Waals surface area contributed by atoms with Crippen LogP contribution in [0.25, 0.3) is 11.4 Å². The van der Waals surface area contributed by atoms with E-state index in [1.807, 2.05) is 6.92 Å². The summed E-state index contributed by atoms with van der Waals surface area (Å²) in [7, 11) is 0. The van der Waals surface area contributed by atoms with Crippen LogP contribution in [0.4, 0.5) is 11.6 Å². The Morgan fingerprint density at radius 3 is 2.73 bits per heavy atom. The standard InChI is InChI=1S/C8H11N7/c1-2-15-13-8(12-14-15)5-3-4-6(9)11-7(5)10/h3-4H,2H2,1H3,(H4,9,10,11). The van der Waals surface area contributed by atoms with Crippen LogP contribution in [0.5, 0.6) is 0 Å². The summed E-state index contributed by atoms with van der Waals surface area (Å²) in [6.07, 6.45) is 0. The van der Waals surface area contributed by atoms with Crippen molar-refractivity contribution >= 4 is 11.6 Å². The Balaban J connectivity index is 2.44. The Bertz CT molecular complexity index is 476. The Morgan fingerprint density at radius 1 is 1.33 bits per heavy atom. The maximum absolute atomic E-state index is 5.70. The highest BCUT2D eigenvalue weighted by Crippen LogP contribution is 2.20. The van der Waals surface area contributed by atoms with Gasteiger partial charge in [-0.25, -0.2) is 4.98 Å². The summed E-state index contributed by atoms with van der Waals surface area (Å²) < 4.78 is 0. The molecule has 0 bridgehead atoms. The van der Waals surface area contributed by atoms with E-state index < -0.39 is 0 Å². The van der Waals surface area contributed by atoms with Gasteiger partial charge >= 0.3 is 0 Å². The average molecular weight is 205 g/mol. The SMILES string of the molecule is CCn1nnc(-c2ccc(N)nc2N)n1. The number of hydrogen-bond donors (Lipinski definition) is 2. The monoisotopic (exact) mass is 205 g/mol. The van der Waals surface area contributed by atoms with E-state index in [9.17, 15) is 0 Å². The number of rotatable bonds is 2. The van der Waals surface area contributed by atoms with Crippen LogP contribution in [0, 0.1) is 0 Å². The van der Waals surface area contributed by atoms with Gasteiger partial charge in [0.1, 0.15) is 11.6 Å². The van der Waals surface area contributed by atoms with Crippen LogP contribution in [-0.4, -0.2) is 25.2 Å². The molecule has 15 heavy (non-hydrogen) atoms. The third-order valence-corrected chi connectivity index (χ3v) is 1.92. The first-order chi connectivity index (χ1) is 7.20. The number of hydrogen-bond acceptors (Lipinski definition) is 6. The molecule has 0 aliphatic heterocycles. The zero-order valence-electron chi connectivity index (χ0n) is 8.25. The molecule has 0 saturated carbocycles. The first-order valence-electron chi connectivity index (χ1n) is 4.51. The second-order valence-corrected chi connectivity index (χ2v) is 2.97. The number of anilines is 2. The van der Waals surface area contributed by atoms with E-state index in [4.69, 9.17) is 11.5 Å². The van der Waals surface area contributed by atoms with Crippen LogP contribution >= 0.6 is 0 Å². The number of aromatic nitrogens is 5. The molecule has 0 atom stereocenters. The lowest BCUT2D eigenvalue weighted by atomic mass is 10.2. The van der Waals surface area contributed by atoms with E-state index in [2.05, 4.69) is 20.4 Å². The highest BCUT2D eigenvalue weighted by molar-refractivity contribution is 5.69. The van der Waals surface area contributed by atoms with Gasteiger partial charge in [0.15, 0.2) is 0 Å². The third-order valence-electron chi connectivity index (χ3n) is 1.92. The lowest BCUT2D eigenvalue weighted by Gasteiger charge is -2.00. The molecule has 4 N–H and O–H groups in total. The molecule has 7 heteroatoms. The zero-order valence-corrected chi connectivity index (χ0v) is 8.25. The van der Waals surface area contributed by atoms with Crippen molar-refractivity contribution in [2.75, 3.05) is 11.5 Å². The predicted molar refractivity (Wildman–Crippen MR) is 55.5 cm³/mol. The van der Waals surface area contributed by atoms with Crippen molar-refractivity contribution in [1.82, 2.24) is 25.2 Å². The van der Waals surface area contributed by atoms with Crippen molar-refractivity contribution in [2.45, 2.75) is 13.5 Å². The molecule has 7 nitrogen and oxygen atoms in total. The van der Waals surface area contributed by atoms with E-state index in [0.29, 0.717) is 29.6 Å². The molecule has 2 heterocycles. The van der Waals surface area contributed by atoms with Crippen molar-refractivity contribution in [3.05, 3.63) is 12.1 Å². The second kappa shape index (κ2) is 3.52. The summed E-state index contributed by atoms with van der Waals surface area (Å²) in [6.45, 7) is 2.59. The molecule has 0 aromatic carbocycles. The summed E-state index contributed by atoms with van der Waals surface area (Å²) in [5.74, 6) is 1.15. The number of pyridine rings is 1. The minimum atomic E-state index is 0.311. The number of aryl methyl sites for hydroxylation is 1. The molecule has 2 aromatic heterocycles. The van der Waals surface area contributed by atoms with Crippen LogP contribution in [-0.2, 0) is 6.54 Å². The highest BCUT2D eigenvalue weighted by Gasteiger charge is 2.09. The van der Waals surface area contributed by atoms with Crippen LogP contribution in [0.1, 0.15) is 6.92 Å². The van der Waals surface area contributed by atoms with Gasteiger partial charge in [-0.3, -0.25) is 0 Å². The molecule has 0 amide bonds. The van der Waals surface area contributed by atoms with Gasteiger partial charge in [0.05, 0.1) is 12.1 Å². The number of nitrogens with zero attached hydrogens (tertiary/aromatic N) is 5. The highest BCUT2D eigenvalue weighted by atomic mass is 15.6. The van der Waals surface area contributed by atoms with Crippen molar-refractivity contribution < 1.29 is 0 Å². The molecule has 0 spiro atoms. The molecule has 0 unspecified atom stereocenters. The lowest BCUT2D eigenvalue weighted by molar-refractivity contribution is 0.553. The summed E-state index contributed by atoms with van der Waals surface area (Å²) in [5, 5.41) is 11.8. The Kier molecular flexibility index (Phi) is 2.20. The van der Waals surface area contributed by atoms with E-state index in [1.165, 1.54) is 4.80 Å². The van der Waals surface area contributed by atoms with Crippen molar-refractivity contribution in [1.29, 1.82) is 0 Å². The Morgan fingerprint density at radius 2 is 2.13 bits per heavy atom. The summed E-state index contributed by atoms with van der Waals surface area (Å²) >= 11 is 0. The first kappa shape index (κ1) is 9.38. The molecule has 0 fully saturated rings. The van der Waals surface area contributed by atoms with Gasteiger partial charge in [0, 0.05) is 0 Å². The predicted octanol–water partition coefficient (Wildman–Crippen LogP) is -0.0806. The first-order valence-corrected chi connectivity index (χ1v) is 4.51. The number of nitrogens with two attached hydrogens (primary N) is 2. The molecular weight excluding hydrogens is 194 g/mol. The molecule has 2 aromatic rings. The largest absolute Gasteiger partial charge is 0.384 e. The summed E-state index contributed by atoms with van der Waals surface area (Å²) in [5.41, 5.74) is 11.8. The topological polar surface area (TPSA) is 109 Å². The normalized spacial score (nSPS) is 10.5. The molecule has 0 aliphatic carbocycles. The molecule has 0 saturated heterocycles. The third kappa shape index (κ3) is 1.71. The van der Waals surface area contributed by atoms with Gasteiger partial charge in [-0.2, -0.15) is 4.80 Å². The van der Waals surface area contributed by atoms with Crippen molar-refractivity contribution in [3.8, 4) is 11.4 Å². The van der Waals surface area contributed by atoms with Gasteiger partial charge in [0.2, 0.25) is 5.82 Å². The van der Waals surface area contributed by atoms with Crippen LogP contribution < -0.4 is 11.5 Å². The quantitative estimate of drug-likeness (QED) is 0.709. The smallest absolute Gasteiger partial charge is 0.208 e. The van der Waals surface area contributed by atoms with Crippen LogP contribution in [0.15, 0.2) is 12.1 Å². The minimum absolute atomic E-state index is 0.311. The number of nitrogen functional groups attached to an aromatic ring is 2. The van der Waals surface area contributed by atoms with Crippen LogP contribution in [0.2, 0.25) is 0 Å². The van der Waals surface area contributed by atoms with E-state index in [-0.39, 0.29) is 0 Å². The fourth-order valence-corrected chi connectivity index (χ4v) is 1.16. The minimum Gasteiger partial charge on any atom is -0.384 e. The van der Waals surface area contributed by atoms with E-state index in [0.717, 1.165) is 0 Å². The Hall–Kier alpha value is -2.18. The van der Waals surface area contributed by atoms with Gasteiger partial charge < -0.3 is 11.5 Å². The van der Waals surface area contributed by atoms with E-state index in [1.54, 1.807) is 12.1 Å². The molecule has 78 valence electrons. The van der Waals surface area contributed by atoms with E-state index >= 15 is 0 Å². The molecule has 0 aliphatic rings. The fraction of sp³-hybridized carbons (Fsp3) is 0.250.